The Morgan fingerprint density at radius 3 is 2.20 bits per heavy atom. The van der Waals surface area contributed by atoms with Gasteiger partial charge in [-0.2, -0.15) is 13.2 Å². The van der Waals surface area contributed by atoms with E-state index < -0.39 is 36.3 Å². The lowest BCUT2D eigenvalue weighted by Crippen LogP contribution is -2.51. The summed E-state index contributed by atoms with van der Waals surface area (Å²) < 4.78 is 55.4. The molecule has 7 nitrogen and oxygen atoms in total. The summed E-state index contributed by atoms with van der Waals surface area (Å²) in [5, 5.41) is 2.90. The van der Waals surface area contributed by atoms with Crippen molar-refractivity contribution in [1.82, 2.24) is 10.2 Å². The SMILES string of the molecule is CO[C@H](C(=O)O[C@H]1CCCN(Cc2ccccc2)C[C@@H]1NC(=O)c1ccc(OCc2ccccc2)cc1)C(F)(F)F. The smallest absolute Gasteiger partial charge is 0.425 e. The highest BCUT2D eigenvalue weighted by atomic mass is 19.4. The molecular formula is C31H33F3N2O5. The van der Waals surface area contributed by atoms with Crippen LogP contribution in [0.25, 0.3) is 0 Å². The average Bonchev–Trinajstić information content (AvgIpc) is 3.14. The number of alkyl halides is 3. The maximum Gasteiger partial charge on any atom is 0.425 e. The van der Waals surface area contributed by atoms with E-state index in [4.69, 9.17) is 9.47 Å². The molecule has 3 aromatic rings. The zero-order valence-corrected chi connectivity index (χ0v) is 22.7. The first-order valence-electron chi connectivity index (χ1n) is 13.4. The van der Waals surface area contributed by atoms with Gasteiger partial charge in [-0.05, 0) is 54.8 Å². The van der Waals surface area contributed by atoms with Crippen molar-refractivity contribution in [3.8, 4) is 5.75 Å². The van der Waals surface area contributed by atoms with Crippen LogP contribution in [0.15, 0.2) is 84.9 Å². The molecule has 1 aliphatic rings. The van der Waals surface area contributed by atoms with Gasteiger partial charge in [0.1, 0.15) is 18.5 Å². The minimum atomic E-state index is -4.92. The van der Waals surface area contributed by atoms with E-state index in [-0.39, 0.29) is 13.0 Å². The first kappa shape index (κ1) is 30.1. The van der Waals surface area contributed by atoms with Crippen molar-refractivity contribution in [2.45, 2.75) is 50.4 Å². The summed E-state index contributed by atoms with van der Waals surface area (Å²) in [5.74, 6) is -1.38. The fourth-order valence-electron chi connectivity index (χ4n) is 4.74. The van der Waals surface area contributed by atoms with Crippen LogP contribution in [0.4, 0.5) is 13.2 Å². The summed E-state index contributed by atoms with van der Waals surface area (Å²) >= 11 is 0. The Balaban J connectivity index is 1.46. The molecule has 1 saturated heterocycles. The van der Waals surface area contributed by atoms with E-state index in [9.17, 15) is 22.8 Å². The van der Waals surface area contributed by atoms with Crippen molar-refractivity contribution >= 4 is 11.9 Å². The predicted molar refractivity (Wildman–Crippen MR) is 146 cm³/mol. The van der Waals surface area contributed by atoms with Gasteiger partial charge in [0.15, 0.2) is 0 Å². The zero-order valence-electron chi connectivity index (χ0n) is 22.7. The minimum absolute atomic E-state index is 0.278. The van der Waals surface area contributed by atoms with E-state index >= 15 is 0 Å². The van der Waals surface area contributed by atoms with Crippen molar-refractivity contribution in [2.24, 2.45) is 0 Å². The number of carbonyl (C=O) groups is 2. The monoisotopic (exact) mass is 570 g/mol. The quantitative estimate of drug-likeness (QED) is 0.340. The number of halogens is 3. The van der Waals surface area contributed by atoms with Crippen LogP contribution in [-0.2, 0) is 27.4 Å². The molecule has 41 heavy (non-hydrogen) atoms. The number of likely N-dealkylation sites (tertiary alicyclic amines) is 1. The number of nitrogens with zero attached hydrogens (tertiary/aromatic N) is 1. The van der Waals surface area contributed by atoms with E-state index in [0.29, 0.717) is 37.4 Å². The first-order chi connectivity index (χ1) is 19.7. The van der Waals surface area contributed by atoms with Crippen molar-refractivity contribution in [3.63, 3.8) is 0 Å². The number of amides is 1. The van der Waals surface area contributed by atoms with Gasteiger partial charge < -0.3 is 19.5 Å². The molecule has 1 amide bonds. The van der Waals surface area contributed by atoms with Crippen molar-refractivity contribution in [3.05, 3.63) is 102 Å². The van der Waals surface area contributed by atoms with Crippen LogP contribution in [0.2, 0.25) is 0 Å². The highest BCUT2D eigenvalue weighted by molar-refractivity contribution is 5.94. The molecule has 1 N–H and O–H groups in total. The molecule has 3 aromatic carbocycles. The van der Waals surface area contributed by atoms with Gasteiger partial charge in [-0.3, -0.25) is 9.69 Å². The molecule has 0 bridgehead atoms. The normalized spacial score (nSPS) is 18.6. The molecule has 1 fully saturated rings. The summed E-state index contributed by atoms with van der Waals surface area (Å²) in [6.45, 7) is 1.85. The van der Waals surface area contributed by atoms with E-state index in [1.165, 1.54) is 0 Å². The molecule has 1 aliphatic heterocycles. The summed E-state index contributed by atoms with van der Waals surface area (Å²) in [5.41, 5.74) is 2.39. The van der Waals surface area contributed by atoms with Crippen LogP contribution in [0.5, 0.6) is 5.75 Å². The van der Waals surface area contributed by atoms with Gasteiger partial charge in [0.25, 0.3) is 12.0 Å². The van der Waals surface area contributed by atoms with Gasteiger partial charge in [0.2, 0.25) is 0 Å². The minimum Gasteiger partial charge on any atom is -0.489 e. The van der Waals surface area contributed by atoms with Gasteiger partial charge in [0, 0.05) is 25.8 Å². The van der Waals surface area contributed by atoms with E-state index in [2.05, 4.69) is 15.0 Å². The maximum atomic E-state index is 13.3. The second-order valence-electron chi connectivity index (χ2n) is 9.87. The van der Waals surface area contributed by atoms with Crippen LogP contribution >= 0.6 is 0 Å². The number of hydrogen-bond acceptors (Lipinski definition) is 6. The van der Waals surface area contributed by atoms with Crippen LogP contribution in [0, 0.1) is 0 Å². The molecule has 218 valence electrons. The molecular weight excluding hydrogens is 537 g/mol. The Bertz CT molecular complexity index is 1260. The van der Waals surface area contributed by atoms with Crippen molar-refractivity contribution in [2.75, 3.05) is 20.2 Å². The third-order valence-electron chi connectivity index (χ3n) is 6.81. The number of rotatable bonds is 10. The van der Waals surface area contributed by atoms with Crippen molar-refractivity contribution < 1.29 is 37.0 Å². The second-order valence-corrected chi connectivity index (χ2v) is 9.87. The van der Waals surface area contributed by atoms with Crippen LogP contribution < -0.4 is 10.1 Å². The lowest BCUT2D eigenvalue weighted by atomic mass is 10.1. The number of esters is 1. The Kier molecular flexibility index (Phi) is 10.4. The van der Waals surface area contributed by atoms with Gasteiger partial charge in [0.05, 0.1) is 6.04 Å². The highest BCUT2D eigenvalue weighted by Crippen LogP contribution is 2.26. The third-order valence-corrected chi connectivity index (χ3v) is 6.81. The van der Waals surface area contributed by atoms with E-state index in [0.717, 1.165) is 18.2 Å². The molecule has 3 atom stereocenters. The molecule has 0 aromatic heterocycles. The Morgan fingerprint density at radius 2 is 1.59 bits per heavy atom. The Morgan fingerprint density at radius 1 is 0.951 bits per heavy atom. The number of nitrogens with one attached hydrogen (secondary N) is 1. The van der Waals surface area contributed by atoms with Crippen molar-refractivity contribution in [1.29, 1.82) is 0 Å². The average molecular weight is 571 g/mol. The Labute approximate surface area is 237 Å². The number of carbonyl (C=O) groups excluding carboxylic acids is 2. The van der Waals surface area contributed by atoms with Crippen LogP contribution in [0.1, 0.15) is 34.3 Å². The van der Waals surface area contributed by atoms with Gasteiger partial charge >= 0.3 is 12.1 Å². The number of hydrogen-bond donors (Lipinski definition) is 1. The van der Waals surface area contributed by atoms with Gasteiger partial charge in [-0.25, -0.2) is 4.79 Å². The molecule has 10 heteroatoms. The molecule has 0 unspecified atom stereocenters. The lowest BCUT2D eigenvalue weighted by molar-refractivity contribution is -0.227. The third kappa shape index (κ3) is 8.80. The molecule has 4 rings (SSSR count). The van der Waals surface area contributed by atoms with E-state index in [1.807, 2.05) is 60.7 Å². The number of ether oxygens (including phenoxy) is 3. The van der Waals surface area contributed by atoms with E-state index in [1.54, 1.807) is 24.3 Å². The number of benzene rings is 3. The highest BCUT2D eigenvalue weighted by Gasteiger charge is 2.48. The molecule has 0 spiro atoms. The number of methoxy groups -OCH3 is 1. The summed E-state index contributed by atoms with van der Waals surface area (Å²) in [7, 11) is 0.806. The standard InChI is InChI=1S/C31H33F3N2O5/c1-39-28(31(32,33)34)30(38)41-27-13-8-18-36(19-22-9-4-2-5-10-22)20-26(27)35-29(37)24-14-16-25(17-15-24)40-21-23-11-6-3-7-12-23/h2-7,9-12,14-17,26-28H,8,13,18-21H2,1H3,(H,35,37)/t26-,27-,28+/m0/s1. The fourth-order valence-corrected chi connectivity index (χ4v) is 4.74. The zero-order chi connectivity index (χ0) is 29.2. The summed E-state index contributed by atoms with van der Waals surface area (Å²) in [4.78, 5) is 27.8. The van der Waals surface area contributed by atoms with Crippen LogP contribution in [0.3, 0.4) is 0 Å². The predicted octanol–water partition coefficient (Wildman–Crippen LogP) is 5.15. The maximum absolute atomic E-state index is 13.3. The molecule has 0 radical (unpaired) electrons. The van der Waals surface area contributed by atoms with Crippen LogP contribution in [-0.4, -0.2) is 61.4 Å². The molecule has 0 aliphatic carbocycles. The Hall–Kier alpha value is -3.89. The molecule has 1 heterocycles. The topological polar surface area (TPSA) is 77.1 Å². The second kappa shape index (κ2) is 14.1. The lowest BCUT2D eigenvalue weighted by Gasteiger charge is -2.30. The largest absolute Gasteiger partial charge is 0.489 e. The summed E-state index contributed by atoms with van der Waals surface area (Å²) in [6.07, 6.45) is -7.75. The first-order valence-corrected chi connectivity index (χ1v) is 13.4. The fraction of sp³-hybridized carbons (Fsp3) is 0.355. The summed E-state index contributed by atoms with van der Waals surface area (Å²) in [6, 6.07) is 25.2. The van der Waals surface area contributed by atoms with Gasteiger partial charge in [-0.15, -0.1) is 0 Å². The molecule has 0 saturated carbocycles. The van der Waals surface area contributed by atoms with Gasteiger partial charge in [-0.1, -0.05) is 60.7 Å².